The minimum Gasteiger partial charge on any atom is -0.494 e. The molecule has 1 atom stereocenters. The summed E-state index contributed by atoms with van der Waals surface area (Å²) in [7, 11) is 0. The van der Waals surface area contributed by atoms with E-state index in [0.717, 1.165) is 24.3 Å². The van der Waals surface area contributed by atoms with Crippen LogP contribution in [0.1, 0.15) is 40.1 Å². The number of ketones is 1. The smallest absolute Gasteiger partial charge is 0.416 e. The highest BCUT2D eigenvalue weighted by atomic mass is 19.4. The third kappa shape index (κ3) is 6.33. The second kappa shape index (κ2) is 9.91. The van der Waals surface area contributed by atoms with Crippen LogP contribution in [0.15, 0.2) is 48.5 Å². The molecule has 0 unspecified atom stereocenters. The van der Waals surface area contributed by atoms with Gasteiger partial charge < -0.3 is 14.8 Å². The number of hydrogen-bond donors (Lipinski definition) is 1. The van der Waals surface area contributed by atoms with Crippen molar-refractivity contribution in [2.75, 3.05) is 13.2 Å². The average Bonchev–Trinajstić information content (AvgIpc) is 2.71. The molecule has 0 fully saturated rings. The summed E-state index contributed by atoms with van der Waals surface area (Å²) in [6, 6.07) is 9.87. The lowest BCUT2D eigenvalue weighted by atomic mass is 10.1. The van der Waals surface area contributed by atoms with Crippen molar-refractivity contribution in [3.8, 4) is 5.75 Å². The maximum Gasteiger partial charge on any atom is 0.416 e. The Labute approximate surface area is 171 Å². The first-order chi connectivity index (χ1) is 14.1. The van der Waals surface area contributed by atoms with E-state index in [1.807, 2.05) is 6.92 Å². The van der Waals surface area contributed by atoms with Gasteiger partial charge in [-0.3, -0.25) is 14.4 Å². The number of amides is 1. The first kappa shape index (κ1) is 22.9. The zero-order valence-electron chi connectivity index (χ0n) is 16.3. The van der Waals surface area contributed by atoms with E-state index in [0.29, 0.717) is 17.9 Å². The molecule has 0 saturated heterocycles. The van der Waals surface area contributed by atoms with Gasteiger partial charge in [-0.15, -0.1) is 0 Å². The molecule has 2 rings (SSSR count). The van der Waals surface area contributed by atoms with Crippen LogP contribution in [-0.2, 0) is 15.7 Å². The highest BCUT2D eigenvalue weighted by molar-refractivity contribution is 6.00. The van der Waals surface area contributed by atoms with E-state index in [4.69, 9.17) is 9.47 Å². The molecule has 1 N–H and O–H groups in total. The first-order valence-electron chi connectivity index (χ1n) is 9.03. The quantitative estimate of drug-likeness (QED) is 0.518. The third-order valence-corrected chi connectivity index (χ3v) is 3.99. The third-order valence-electron chi connectivity index (χ3n) is 3.99. The molecule has 0 aliphatic carbocycles. The van der Waals surface area contributed by atoms with Crippen molar-refractivity contribution < 1.29 is 37.0 Å². The summed E-state index contributed by atoms with van der Waals surface area (Å²) >= 11 is 0. The zero-order chi connectivity index (χ0) is 22.3. The van der Waals surface area contributed by atoms with Gasteiger partial charge in [0.2, 0.25) is 5.78 Å². The number of ether oxygens (including phenoxy) is 2. The van der Waals surface area contributed by atoms with Crippen LogP contribution in [-0.4, -0.2) is 36.9 Å². The highest BCUT2D eigenvalue weighted by Gasteiger charge is 2.30. The van der Waals surface area contributed by atoms with Crippen molar-refractivity contribution in [3.63, 3.8) is 0 Å². The fourth-order valence-electron chi connectivity index (χ4n) is 2.47. The molecule has 30 heavy (non-hydrogen) atoms. The molecule has 2 aromatic carbocycles. The molecule has 0 aliphatic heterocycles. The number of hydrogen-bond acceptors (Lipinski definition) is 5. The Morgan fingerprint density at radius 1 is 0.967 bits per heavy atom. The topological polar surface area (TPSA) is 81.7 Å². The zero-order valence-corrected chi connectivity index (χ0v) is 16.3. The maximum atomic E-state index is 12.5. The molecule has 0 aromatic heterocycles. The van der Waals surface area contributed by atoms with Crippen LogP contribution in [0.25, 0.3) is 0 Å². The monoisotopic (exact) mass is 423 g/mol. The standard InChI is InChI=1S/C21H20F3NO5/c1-3-29-17-10-6-14(7-11-17)19(27)13(2)30-18(26)12-25-20(28)15-4-8-16(9-5-15)21(22,23)24/h4-11,13H,3,12H2,1-2H3,(H,25,28)/t13-/m0/s1. The van der Waals surface area contributed by atoms with Crippen molar-refractivity contribution >= 4 is 17.7 Å². The Morgan fingerprint density at radius 3 is 2.07 bits per heavy atom. The molecule has 0 aliphatic rings. The van der Waals surface area contributed by atoms with Gasteiger partial charge in [-0.05, 0) is 62.4 Å². The van der Waals surface area contributed by atoms with E-state index in [9.17, 15) is 27.6 Å². The SMILES string of the molecule is CCOc1ccc(C(=O)[C@H](C)OC(=O)CNC(=O)c2ccc(C(F)(F)F)cc2)cc1. The van der Waals surface area contributed by atoms with Gasteiger partial charge in [0.25, 0.3) is 5.91 Å². The van der Waals surface area contributed by atoms with Gasteiger partial charge in [0.15, 0.2) is 6.10 Å². The van der Waals surface area contributed by atoms with E-state index in [-0.39, 0.29) is 5.56 Å². The van der Waals surface area contributed by atoms with Crippen LogP contribution in [0.5, 0.6) is 5.75 Å². The van der Waals surface area contributed by atoms with Crippen molar-refractivity contribution in [2.45, 2.75) is 26.1 Å². The predicted octanol–water partition coefficient (Wildman–Crippen LogP) is 3.65. The lowest BCUT2D eigenvalue weighted by molar-refractivity contribution is -0.145. The molecule has 1 amide bonds. The molecular formula is C21H20F3NO5. The Hall–Kier alpha value is -3.36. The van der Waals surface area contributed by atoms with Crippen LogP contribution in [0.3, 0.4) is 0 Å². The molecule has 0 heterocycles. The van der Waals surface area contributed by atoms with Crippen LogP contribution in [0, 0.1) is 0 Å². The number of halogens is 3. The highest BCUT2D eigenvalue weighted by Crippen LogP contribution is 2.29. The molecule has 160 valence electrons. The van der Waals surface area contributed by atoms with Crippen molar-refractivity contribution in [1.29, 1.82) is 0 Å². The van der Waals surface area contributed by atoms with E-state index in [1.54, 1.807) is 24.3 Å². The first-order valence-corrected chi connectivity index (χ1v) is 9.03. The minimum absolute atomic E-state index is 0.0469. The number of benzene rings is 2. The molecule has 6 nitrogen and oxygen atoms in total. The normalized spacial score (nSPS) is 12.0. The summed E-state index contributed by atoms with van der Waals surface area (Å²) in [5.41, 5.74) is -0.609. The number of Topliss-reactive ketones (excluding diaryl/α,β-unsaturated/α-hetero) is 1. The molecule has 2 aromatic rings. The van der Waals surface area contributed by atoms with Gasteiger partial charge in [-0.25, -0.2) is 0 Å². The summed E-state index contributed by atoms with van der Waals surface area (Å²) in [4.78, 5) is 36.2. The predicted molar refractivity (Wildman–Crippen MR) is 101 cm³/mol. The average molecular weight is 423 g/mol. The van der Waals surface area contributed by atoms with Crippen LogP contribution in [0.4, 0.5) is 13.2 Å². The maximum absolute atomic E-state index is 12.5. The number of esters is 1. The Morgan fingerprint density at radius 2 is 1.53 bits per heavy atom. The van der Waals surface area contributed by atoms with E-state index in [1.165, 1.54) is 6.92 Å². The van der Waals surface area contributed by atoms with Crippen LogP contribution < -0.4 is 10.1 Å². The van der Waals surface area contributed by atoms with E-state index < -0.39 is 42.0 Å². The Bertz CT molecular complexity index is 892. The molecule has 0 radical (unpaired) electrons. The number of nitrogens with one attached hydrogen (secondary N) is 1. The molecule has 0 bridgehead atoms. The Balaban J connectivity index is 1.85. The molecule has 0 saturated carbocycles. The van der Waals surface area contributed by atoms with Gasteiger partial charge in [-0.2, -0.15) is 13.2 Å². The molecule has 0 spiro atoms. The van der Waals surface area contributed by atoms with E-state index in [2.05, 4.69) is 5.32 Å². The van der Waals surface area contributed by atoms with Gasteiger partial charge in [0.05, 0.1) is 12.2 Å². The minimum atomic E-state index is -4.51. The van der Waals surface area contributed by atoms with Gasteiger partial charge >= 0.3 is 12.1 Å². The Kier molecular flexibility index (Phi) is 7.57. The van der Waals surface area contributed by atoms with Crippen molar-refractivity contribution in [2.24, 2.45) is 0 Å². The summed E-state index contributed by atoms with van der Waals surface area (Å²) in [5, 5.41) is 2.24. The van der Waals surface area contributed by atoms with Gasteiger partial charge in [0, 0.05) is 11.1 Å². The number of carbonyl (C=O) groups is 3. The summed E-state index contributed by atoms with van der Waals surface area (Å²) < 4.78 is 47.9. The summed E-state index contributed by atoms with van der Waals surface area (Å²) in [6.07, 6.45) is -5.59. The number of rotatable bonds is 8. The second-order valence-corrected chi connectivity index (χ2v) is 6.21. The number of carbonyl (C=O) groups excluding carboxylic acids is 3. The fourth-order valence-corrected chi connectivity index (χ4v) is 2.47. The van der Waals surface area contributed by atoms with Crippen molar-refractivity contribution in [1.82, 2.24) is 5.32 Å². The van der Waals surface area contributed by atoms with E-state index >= 15 is 0 Å². The van der Waals surface area contributed by atoms with Crippen LogP contribution >= 0.6 is 0 Å². The van der Waals surface area contributed by atoms with Gasteiger partial charge in [-0.1, -0.05) is 0 Å². The van der Waals surface area contributed by atoms with Crippen LogP contribution in [0.2, 0.25) is 0 Å². The lowest BCUT2D eigenvalue weighted by Crippen LogP contribution is -2.34. The summed E-state index contributed by atoms with van der Waals surface area (Å²) in [5.74, 6) is -1.43. The van der Waals surface area contributed by atoms with Gasteiger partial charge in [0.1, 0.15) is 12.3 Å². The second-order valence-electron chi connectivity index (χ2n) is 6.21. The molecule has 9 heteroatoms. The summed E-state index contributed by atoms with van der Waals surface area (Å²) in [6.45, 7) is 3.17. The fraction of sp³-hybridized carbons (Fsp3) is 0.286. The number of alkyl halides is 3. The van der Waals surface area contributed by atoms with Crippen molar-refractivity contribution in [3.05, 3.63) is 65.2 Å². The lowest BCUT2D eigenvalue weighted by Gasteiger charge is -2.13. The molecular weight excluding hydrogens is 403 g/mol. The largest absolute Gasteiger partial charge is 0.494 e.